The second-order valence-electron chi connectivity index (χ2n) is 4.74. The Labute approximate surface area is 124 Å². The van der Waals surface area contributed by atoms with Crippen molar-refractivity contribution < 1.29 is 4.74 Å². The summed E-state index contributed by atoms with van der Waals surface area (Å²) in [5.41, 5.74) is 2.14. The van der Waals surface area contributed by atoms with Crippen molar-refractivity contribution in [3.8, 4) is 23.1 Å². The molecule has 0 saturated heterocycles. The molecule has 0 radical (unpaired) electrons. The van der Waals surface area contributed by atoms with Crippen LogP contribution in [0.1, 0.15) is 18.9 Å². The van der Waals surface area contributed by atoms with Crippen molar-refractivity contribution in [1.82, 2.24) is 4.57 Å². The maximum absolute atomic E-state index is 12.5. The van der Waals surface area contributed by atoms with E-state index in [1.165, 1.54) is 0 Å². The second kappa shape index (κ2) is 6.76. The van der Waals surface area contributed by atoms with E-state index in [4.69, 9.17) is 10.00 Å². The Morgan fingerprint density at radius 2 is 2.00 bits per heavy atom. The topological polar surface area (TPSA) is 55.0 Å². The predicted octanol–water partition coefficient (Wildman–Crippen LogP) is 3.00. The lowest BCUT2D eigenvalue weighted by Gasteiger charge is -2.15. The molecule has 4 nitrogen and oxygen atoms in total. The predicted molar refractivity (Wildman–Crippen MR) is 82.3 cm³/mol. The summed E-state index contributed by atoms with van der Waals surface area (Å²) >= 11 is 0. The Morgan fingerprint density at radius 3 is 2.67 bits per heavy atom. The first-order valence-corrected chi connectivity index (χ1v) is 6.96. The fourth-order valence-electron chi connectivity index (χ4n) is 2.38. The van der Waals surface area contributed by atoms with Gasteiger partial charge in [-0.3, -0.25) is 4.79 Å². The largest absolute Gasteiger partial charge is 0.496 e. The normalized spacial score (nSPS) is 10.1. The Morgan fingerprint density at radius 1 is 1.24 bits per heavy atom. The fraction of sp³-hybridized carbons (Fsp3) is 0.294. The van der Waals surface area contributed by atoms with E-state index in [2.05, 4.69) is 0 Å². The van der Waals surface area contributed by atoms with Crippen molar-refractivity contribution in [2.45, 2.75) is 26.3 Å². The third kappa shape index (κ3) is 2.97. The third-order valence-electron chi connectivity index (χ3n) is 3.35. The van der Waals surface area contributed by atoms with E-state index in [1.807, 2.05) is 43.3 Å². The van der Waals surface area contributed by atoms with E-state index < -0.39 is 0 Å². The number of rotatable bonds is 5. The van der Waals surface area contributed by atoms with Gasteiger partial charge in [0.1, 0.15) is 5.75 Å². The molecule has 0 bridgehead atoms. The van der Waals surface area contributed by atoms with Crippen LogP contribution < -0.4 is 10.3 Å². The summed E-state index contributed by atoms with van der Waals surface area (Å²) in [4.78, 5) is 12.5. The van der Waals surface area contributed by atoms with Gasteiger partial charge >= 0.3 is 0 Å². The lowest BCUT2D eigenvalue weighted by atomic mass is 10.1. The van der Waals surface area contributed by atoms with Gasteiger partial charge in [0.25, 0.3) is 5.56 Å². The average molecular weight is 282 g/mol. The number of hydrogen-bond donors (Lipinski definition) is 0. The van der Waals surface area contributed by atoms with E-state index in [1.54, 1.807) is 17.7 Å². The number of methoxy groups -OCH3 is 1. The molecule has 0 N–H and O–H groups in total. The highest BCUT2D eigenvalue weighted by Crippen LogP contribution is 2.29. The molecule has 2 aromatic rings. The minimum Gasteiger partial charge on any atom is -0.496 e. The van der Waals surface area contributed by atoms with Gasteiger partial charge in [-0.25, -0.2) is 0 Å². The Hall–Kier alpha value is -2.54. The molecule has 1 aromatic heterocycles. The van der Waals surface area contributed by atoms with Gasteiger partial charge in [-0.15, -0.1) is 0 Å². The van der Waals surface area contributed by atoms with Crippen molar-refractivity contribution in [2.75, 3.05) is 7.11 Å². The van der Waals surface area contributed by atoms with E-state index in [0.717, 1.165) is 23.4 Å². The van der Waals surface area contributed by atoms with Gasteiger partial charge in [-0.05, 0) is 24.6 Å². The number of para-hydroxylation sites is 1. The Bertz CT molecular complexity index is 726. The SMILES string of the molecule is CCCn1c(-c2ccccc2OC)ccc(CC#N)c1=O. The van der Waals surface area contributed by atoms with E-state index in [9.17, 15) is 4.79 Å². The van der Waals surface area contributed by atoms with Crippen molar-refractivity contribution in [2.24, 2.45) is 0 Å². The maximum atomic E-state index is 12.5. The van der Waals surface area contributed by atoms with Gasteiger partial charge in [-0.2, -0.15) is 5.26 Å². The van der Waals surface area contributed by atoms with Crippen LogP contribution in [0.2, 0.25) is 0 Å². The minimum absolute atomic E-state index is 0.0955. The molecule has 21 heavy (non-hydrogen) atoms. The molecule has 0 fully saturated rings. The van der Waals surface area contributed by atoms with E-state index in [-0.39, 0.29) is 12.0 Å². The molecule has 108 valence electrons. The molecule has 0 aliphatic carbocycles. The smallest absolute Gasteiger partial charge is 0.255 e. The Balaban J connectivity index is 2.66. The number of pyridine rings is 1. The standard InChI is InChI=1S/C17H18N2O2/c1-3-12-19-15(9-8-13(10-11-18)17(19)20)14-6-4-5-7-16(14)21-2/h4-9H,3,10,12H2,1-2H3. The number of hydrogen-bond acceptors (Lipinski definition) is 3. The van der Waals surface area contributed by atoms with Crippen molar-refractivity contribution in [3.05, 3.63) is 52.3 Å². The van der Waals surface area contributed by atoms with Crippen LogP contribution in [-0.2, 0) is 13.0 Å². The molecule has 0 spiro atoms. The van der Waals surface area contributed by atoms with Crippen LogP contribution in [0.4, 0.5) is 0 Å². The van der Waals surface area contributed by atoms with E-state index >= 15 is 0 Å². The minimum atomic E-state index is -0.0955. The molecular formula is C17H18N2O2. The Kier molecular flexibility index (Phi) is 4.78. The maximum Gasteiger partial charge on any atom is 0.255 e. The highest BCUT2D eigenvalue weighted by atomic mass is 16.5. The van der Waals surface area contributed by atoms with Gasteiger partial charge in [0.15, 0.2) is 0 Å². The summed E-state index contributed by atoms with van der Waals surface area (Å²) in [7, 11) is 1.62. The van der Waals surface area contributed by atoms with Crippen LogP contribution in [-0.4, -0.2) is 11.7 Å². The third-order valence-corrected chi connectivity index (χ3v) is 3.35. The van der Waals surface area contributed by atoms with Crippen LogP contribution in [0.5, 0.6) is 5.75 Å². The van der Waals surface area contributed by atoms with Crippen LogP contribution >= 0.6 is 0 Å². The lowest BCUT2D eigenvalue weighted by Crippen LogP contribution is -2.25. The first kappa shape index (κ1) is 14.9. The summed E-state index contributed by atoms with van der Waals surface area (Å²) in [5, 5.41) is 8.82. The number of nitrogens with zero attached hydrogens (tertiary/aromatic N) is 2. The molecule has 0 aliphatic heterocycles. The number of benzene rings is 1. The van der Waals surface area contributed by atoms with Gasteiger partial charge < -0.3 is 9.30 Å². The molecule has 0 atom stereocenters. The highest BCUT2D eigenvalue weighted by molar-refractivity contribution is 5.67. The zero-order valence-electron chi connectivity index (χ0n) is 12.3. The second-order valence-corrected chi connectivity index (χ2v) is 4.74. The summed E-state index contributed by atoms with van der Waals surface area (Å²) in [6.45, 7) is 2.64. The molecule has 0 amide bonds. The summed E-state index contributed by atoms with van der Waals surface area (Å²) in [6.07, 6.45) is 0.979. The van der Waals surface area contributed by atoms with Crippen LogP contribution in [0.3, 0.4) is 0 Å². The summed E-state index contributed by atoms with van der Waals surface area (Å²) in [5.74, 6) is 0.731. The molecule has 1 heterocycles. The molecule has 4 heteroatoms. The van der Waals surface area contributed by atoms with E-state index in [0.29, 0.717) is 12.1 Å². The zero-order valence-corrected chi connectivity index (χ0v) is 12.3. The van der Waals surface area contributed by atoms with Crippen LogP contribution in [0, 0.1) is 11.3 Å². The number of ether oxygens (including phenoxy) is 1. The first-order chi connectivity index (χ1) is 10.2. The van der Waals surface area contributed by atoms with Gasteiger partial charge in [0.05, 0.1) is 25.3 Å². The molecule has 2 rings (SSSR count). The molecule has 0 aliphatic rings. The van der Waals surface area contributed by atoms with Crippen molar-refractivity contribution in [1.29, 1.82) is 5.26 Å². The first-order valence-electron chi connectivity index (χ1n) is 6.96. The monoisotopic (exact) mass is 282 g/mol. The average Bonchev–Trinajstić information content (AvgIpc) is 2.52. The summed E-state index contributed by atoms with van der Waals surface area (Å²) in [6, 6.07) is 13.3. The van der Waals surface area contributed by atoms with Gasteiger partial charge in [-0.1, -0.05) is 25.1 Å². The molecular weight excluding hydrogens is 264 g/mol. The molecule has 0 saturated carbocycles. The number of aromatic nitrogens is 1. The van der Waals surface area contributed by atoms with Crippen molar-refractivity contribution >= 4 is 0 Å². The van der Waals surface area contributed by atoms with Gasteiger partial charge in [0.2, 0.25) is 0 Å². The lowest BCUT2D eigenvalue weighted by molar-refractivity contribution is 0.416. The van der Waals surface area contributed by atoms with Crippen LogP contribution in [0.15, 0.2) is 41.2 Å². The molecule has 1 aromatic carbocycles. The highest BCUT2D eigenvalue weighted by Gasteiger charge is 2.13. The summed E-state index contributed by atoms with van der Waals surface area (Å²) < 4.78 is 7.11. The molecule has 0 unspecified atom stereocenters. The number of nitriles is 1. The van der Waals surface area contributed by atoms with Gasteiger partial charge in [0, 0.05) is 17.7 Å². The zero-order chi connectivity index (χ0) is 15.2. The van der Waals surface area contributed by atoms with Crippen LogP contribution in [0.25, 0.3) is 11.3 Å². The van der Waals surface area contributed by atoms with Crippen molar-refractivity contribution in [3.63, 3.8) is 0 Å². The fourth-order valence-corrected chi connectivity index (χ4v) is 2.38. The quantitative estimate of drug-likeness (QED) is 0.847.